The third-order valence-corrected chi connectivity index (χ3v) is 4.91. The number of hydrogen-bond acceptors (Lipinski definition) is 6. The van der Waals surface area contributed by atoms with Crippen molar-refractivity contribution in [2.24, 2.45) is 11.8 Å². The highest BCUT2D eigenvalue weighted by Crippen LogP contribution is 2.11. The Balaban J connectivity index is 5.17. The molecule has 0 aliphatic carbocycles. The average Bonchev–Trinajstić information content (AvgIpc) is 2.68. The molecule has 0 fully saturated rings. The van der Waals surface area contributed by atoms with Crippen molar-refractivity contribution >= 4 is 30.0 Å². The molecule has 0 aromatic carbocycles. The highest BCUT2D eigenvalue weighted by Gasteiger charge is 2.27. The summed E-state index contributed by atoms with van der Waals surface area (Å²) in [6.07, 6.45) is 2.19. The number of rotatable bonds is 14. The van der Waals surface area contributed by atoms with Crippen molar-refractivity contribution in [2.45, 2.75) is 111 Å². The van der Waals surface area contributed by atoms with Gasteiger partial charge in [-0.1, -0.05) is 34.1 Å². The Morgan fingerprint density at radius 3 is 2.03 bits per heavy atom. The van der Waals surface area contributed by atoms with Crippen molar-refractivity contribution in [2.75, 3.05) is 0 Å². The zero-order chi connectivity index (χ0) is 25.8. The van der Waals surface area contributed by atoms with Crippen LogP contribution in [0.15, 0.2) is 0 Å². The van der Waals surface area contributed by atoms with E-state index in [9.17, 15) is 24.0 Å². The highest BCUT2D eigenvalue weighted by molar-refractivity contribution is 5.92. The van der Waals surface area contributed by atoms with Crippen LogP contribution in [0.5, 0.6) is 0 Å². The molecule has 4 atom stereocenters. The minimum Gasteiger partial charge on any atom is -0.460 e. The lowest BCUT2D eigenvalue weighted by Crippen LogP contribution is -2.54. The minimum atomic E-state index is -0.998. The molecule has 0 saturated carbocycles. The van der Waals surface area contributed by atoms with E-state index in [1.54, 1.807) is 20.8 Å². The number of hydrogen-bond donors (Lipinski definition) is 3. The number of esters is 1. The summed E-state index contributed by atoms with van der Waals surface area (Å²) in [7, 11) is 0. The Labute approximate surface area is 198 Å². The Morgan fingerprint density at radius 1 is 0.939 bits per heavy atom. The van der Waals surface area contributed by atoms with Gasteiger partial charge in [0.15, 0.2) is 0 Å². The summed E-state index contributed by atoms with van der Waals surface area (Å²) in [5.74, 6) is -1.51. The predicted molar refractivity (Wildman–Crippen MR) is 126 cm³/mol. The number of ether oxygens (including phenoxy) is 1. The number of carbonyl (C=O) groups excluding carboxylic acids is 5. The number of carbonyl (C=O) groups is 5. The van der Waals surface area contributed by atoms with Gasteiger partial charge in [0.1, 0.15) is 24.0 Å². The van der Waals surface area contributed by atoms with Gasteiger partial charge in [-0.25, -0.2) is 0 Å². The second-order valence-electron chi connectivity index (χ2n) is 10.1. The number of amides is 3. The van der Waals surface area contributed by atoms with Crippen molar-refractivity contribution in [3.8, 4) is 0 Å². The summed E-state index contributed by atoms with van der Waals surface area (Å²) < 4.78 is 5.28. The molecule has 0 bridgehead atoms. The molecule has 190 valence electrons. The van der Waals surface area contributed by atoms with Gasteiger partial charge in [-0.05, 0) is 52.4 Å². The maximum absolute atomic E-state index is 12.9. The van der Waals surface area contributed by atoms with Crippen LogP contribution in [0.1, 0.15) is 87.5 Å². The molecule has 0 aromatic rings. The standard InChI is InChI=1S/C24H43N3O6/c1-9-16(4)13-20(29)27-19(10-11-21(30)33-24(6,7)8)23(32)25-17(5)22(31)26-18(14-28)12-15(2)3/h14-19H,9-13H2,1-8H3,(H,25,32)(H,26,31)(H,27,29)/t16-,17-,18-,19-/m0/s1. The average molecular weight is 470 g/mol. The Hall–Kier alpha value is -2.45. The van der Waals surface area contributed by atoms with Crippen LogP contribution in [0.4, 0.5) is 0 Å². The van der Waals surface area contributed by atoms with Crippen LogP contribution >= 0.6 is 0 Å². The highest BCUT2D eigenvalue weighted by atomic mass is 16.6. The van der Waals surface area contributed by atoms with Crippen LogP contribution in [-0.4, -0.2) is 53.7 Å². The fraction of sp³-hybridized carbons (Fsp3) is 0.792. The van der Waals surface area contributed by atoms with Gasteiger partial charge in [0.25, 0.3) is 0 Å². The molecule has 0 aromatic heterocycles. The summed E-state index contributed by atoms with van der Waals surface area (Å²) >= 11 is 0. The SMILES string of the molecule is CC[C@H](C)CC(=O)N[C@@H](CCC(=O)OC(C)(C)C)C(=O)N[C@@H](C)C(=O)N[C@H](C=O)CC(C)C. The topological polar surface area (TPSA) is 131 Å². The minimum absolute atomic E-state index is 0.0334. The molecule has 3 amide bonds. The molecular weight excluding hydrogens is 426 g/mol. The van der Waals surface area contributed by atoms with Crippen LogP contribution in [0.25, 0.3) is 0 Å². The van der Waals surface area contributed by atoms with E-state index in [4.69, 9.17) is 4.74 Å². The first-order valence-corrected chi connectivity index (χ1v) is 11.8. The summed E-state index contributed by atoms with van der Waals surface area (Å²) in [4.78, 5) is 61.0. The lowest BCUT2D eigenvalue weighted by Gasteiger charge is -2.24. The molecular formula is C24H43N3O6. The molecule has 0 unspecified atom stereocenters. The van der Waals surface area contributed by atoms with Crippen LogP contribution < -0.4 is 16.0 Å². The van der Waals surface area contributed by atoms with E-state index in [-0.39, 0.29) is 37.0 Å². The maximum atomic E-state index is 12.9. The quantitative estimate of drug-likeness (QED) is 0.264. The number of nitrogens with one attached hydrogen (secondary N) is 3. The van der Waals surface area contributed by atoms with Gasteiger partial charge < -0.3 is 25.5 Å². The molecule has 0 spiro atoms. The van der Waals surface area contributed by atoms with Gasteiger partial charge >= 0.3 is 5.97 Å². The molecule has 0 radical (unpaired) electrons. The van der Waals surface area contributed by atoms with E-state index in [1.165, 1.54) is 6.92 Å². The van der Waals surface area contributed by atoms with Gasteiger partial charge in [0, 0.05) is 12.8 Å². The third kappa shape index (κ3) is 14.3. The molecule has 0 heterocycles. The zero-order valence-corrected chi connectivity index (χ0v) is 21.4. The van der Waals surface area contributed by atoms with Crippen LogP contribution in [-0.2, 0) is 28.7 Å². The van der Waals surface area contributed by atoms with E-state index in [0.717, 1.165) is 6.42 Å². The van der Waals surface area contributed by atoms with Crippen molar-refractivity contribution in [3.05, 3.63) is 0 Å². The van der Waals surface area contributed by atoms with E-state index >= 15 is 0 Å². The molecule has 9 heteroatoms. The van der Waals surface area contributed by atoms with Crippen molar-refractivity contribution in [1.29, 1.82) is 0 Å². The first-order chi connectivity index (χ1) is 15.2. The van der Waals surface area contributed by atoms with Gasteiger partial charge in [0.05, 0.1) is 6.04 Å². The summed E-state index contributed by atoms with van der Waals surface area (Å²) in [6.45, 7) is 14.5. The van der Waals surface area contributed by atoms with Gasteiger partial charge in [0.2, 0.25) is 17.7 Å². The molecule has 3 N–H and O–H groups in total. The second kappa shape index (κ2) is 14.6. The zero-order valence-electron chi connectivity index (χ0n) is 21.4. The van der Waals surface area contributed by atoms with Crippen molar-refractivity contribution < 1.29 is 28.7 Å². The Kier molecular flexibility index (Phi) is 13.6. The first-order valence-electron chi connectivity index (χ1n) is 11.8. The lowest BCUT2D eigenvalue weighted by molar-refractivity contribution is -0.155. The van der Waals surface area contributed by atoms with Crippen molar-refractivity contribution in [1.82, 2.24) is 16.0 Å². The van der Waals surface area contributed by atoms with Crippen LogP contribution in [0, 0.1) is 11.8 Å². The maximum Gasteiger partial charge on any atom is 0.306 e. The Bertz CT molecular complexity index is 672. The predicted octanol–water partition coefficient (Wildman–Crippen LogP) is 2.26. The van der Waals surface area contributed by atoms with Gasteiger partial charge in [-0.15, -0.1) is 0 Å². The largest absolute Gasteiger partial charge is 0.460 e. The molecule has 0 aliphatic rings. The van der Waals surface area contributed by atoms with Crippen LogP contribution in [0.3, 0.4) is 0 Å². The van der Waals surface area contributed by atoms with E-state index in [1.807, 2.05) is 27.7 Å². The monoisotopic (exact) mass is 469 g/mol. The van der Waals surface area contributed by atoms with E-state index < -0.39 is 41.5 Å². The fourth-order valence-electron chi connectivity index (χ4n) is 2.98. The molecule has 0 aliphatic heterocycles. The summed E-state index contributed by atoms with van der Waals surface area (Å²) in [5, 5.41) is 7.86. The van der Waals surface area contributed by atoms with Crippen molar-refractivity contribution in [3.63, 3.8) is 0 Å². The van der Waals surface area contributed by atoms with Gasteiger partial charge in [-0.3, -0.25) is 19.2 Å². The third-order valence-electron chi connectivity index (χ3n) is 4.91. The van der Waals surface area contributed by atoms with Crippen LogP contribution in [0.2, 0.25) is 0 Å². The smallest absolute Gasteiger partial charge is 0.306 e. The fourth-order valence-corrected chi connectivity index (χ4v) is 2.98. The summed E-state index contributed by atoms with van der Waals surface area (Å²) in [6, 6.07) is -2.57. The van der Waals surface area contributed by atoms with E-state index in [2.05, 4.69) is 16.0 Å². The number of aldehydes is 1. The van der Waals surface area contributed by atoms with E-state index in [0.29, 0.717) is 12.7 Å². The normalized spacial score (nSPS) is 15.1. The molecule has 33 heavy (non-hydrogen) atoms. The molecule has 0 saturated heterocycles. The molecule has 0 rings (SSSR count). The molecule has 9 nitrogen and oxygen atoms in total. The second-order valence-corrected chi connectivity index (χ2v) is 10.1. The lowest BCUT2D eigenvalue weighted by atomic mass is 10.0. The van der Waals surface area contributed by atoms with Gasteiger partial charge in [-0.2, -0.15) is 0 Å². The summed E-state index contributed by atoms with van der Waals surface area (Å²) in [5.41, 5.74) is -0.660. The first kappa shape index (κ1) is 30.6. The Morgan fingerprint density at radius 2 is 1.55 bits per heavy atom.